The number of hydrogen-bond donors (Lipinski definition) is 0. The second kappa shape index (κ2) is 9.44. The summed E-state index contributed by atoms with van der Waals surface area (Å²) in [6.07, 6.45) is 3.45. The third-order valence-corrected chi connectivity index (χ3v) is 5.56. The average molecular weight is 433 g/mol. The Morgan fingerprint density at radius 1 is 0.935 bits per heavy atom. The average Bonchev–Trinajstić information content (AvgIpc) is 3.27. The summed E-state index contributed by atoms with van der Waals surface area (Å²) >= 11 is 1.34. The fourth-order valence-electron chi connectivity index (χ4n) is 3.00. The molecule has 4 rings (SSSR count). The molecule has 0 unspecified atom stereocenters. The normalized spacial score (nSPS) is 10.6. The van der Waals surface area contributed by atoms with Gasteiger partial charge in [-0.15, -0.1) is 10.2 Å². The number of carbonyl (C=O) groups excluding carboxylic acids is 1. The number of pyridine rings is 1. The Morgan fingerprint density at radius 2 is 1.61 bits per heavy atom. The van der Waals surface area contributed by atoms with Crippen molar-refractivity contribution in [1.29, 1.82) is 0 Å². The summed E-state index contributed by atoms with van der Waals surface area (Å²) in [7, 11) is 3.22. The van der Waals surface area contributed by atoms with Gasteiger partial charge in [0.2, 0.25) is 0 Å². The number of rotatable bonds is 8. The molecule has 0 fully saturated rings. The summed E-state index contributed by atoms with van der Waals surface area (Å²) in [5, 5.41) is 9.34. The van der Waals surface area contributed by atoms with Crippen molar-refractivity contribution in [3.05, 3.63) is 78.6 Å². The number of methoxy groups -OCH3 is 2. The molecule has 0 saturated carbocycles. The highest BCUT2D eigenvalue weighted by Crippen LogP contribution is 2.29. The van der Waals surface area contributed by atoms with E-state index in [1.54, 1.807) is 50.9 Å². The molecule has 0 amide bonds. The van der Waals surface area contributed by atoms with Crippen molar-refractivity contribution < 1.29 is 14.3 Å². The van der Waals surface area contributed by atoms with Gasteiger partial charge in [0.1, 0.15) is 11.5 Å². The molecular formula is C23H20N4O3S. The van der Waals surface area contributed by atoms with E-state index in [1.807, 2.05) is 41.0 Å². The molecule has 2 heterocycles. The third kappa shape index (κ3) is 4.59. The Labute approximate surface area is 184 Å². The van der Waals surface area contributed by atoms with Gasteiger partial charge in [0, 0.05) is 29.2 Å². The zero-order valence-electron chi connectivity index (χ0n) is 17.1. The number of Topliss-reactive ketones (excluding diaryl/α,β-unsaturated/α-hetero) is 1. The maximum absolute atomic E-state index is 12.7. The minimum absolute atomic E-state index is 0.000128. The Morgan fingerprint density at radius 3 is 2.23 bits per heavy atom. The van der Waals surface area contributed by atoms with Crippen molar-refractivity contribution in [3.63, 3.8) is 0 Å². The van der Waals surface area contributed by atoms with Gasteiger partial charge in [0.15, 0.2) is 16.8 Å². The van der Waals surface area contributed by atoms with Crippen LogP contribution in [0.25, 0.3) is 17.1 Å². The molecule has 0 aliphatic rings. The molecule has 0 aliphatic heterocycles. The highest BCUT2D eigenvalue weighted by molar-refractivity contribution is 7.99. The van der Waals surface area contributed by atoms with E-state index in [1.165, 1.54) is 11.8 Å². The SMILES string of the molecule is COc1ccc(C(=O)CSc2nnc(-c3cccnc3)n2-c2ccc(OC)cc2)cc1. The van der Waals surface area contributed by atoms with Crippen LogP contribution in [0.3, 0.4) is 0 Å². The van der Waals surface area contributed by atoms with E-state index in [2.05, 4.69) is 15.2 Å². The first kappa shape index (κ1) is 20.6. The molecule has 7 nitrogen and oxygen atoms in total. The predicted octanol–water partition coefficient (Wildman–Crippen LogP) is 4.32. The molecule has 156 valence electrons. The van der Waals surface area contributed by atoms with E-state index < -0.39 is 0 Å². The summed E-state index contributed by atoms with van der Waals surface area (Å²) < 4.78 is 12.3. The Hall–Kier alpha value is -3.65. The van der Waals surface area contributed by atoms with E-state index in [-0.39, 0.29) is 11.5 Å². The lowest BCUT2D eigenvalue weighted by Crippen LogP contribution is -2.05. The zero-order valence-corrected chi connectivity index (χ0v) is 17.9. The number of ketones is 1. The number of nitrogens with zero attached hydrogens (tertiary/aromatic N) is 4. The van der Waals surface area contributed by atoms with Crippen molar-refractivity contribution in [2.75, 3.05) is 20.0 Å². The van der Waals surface area contributed by atoms with Crippen LogP contribution in [0.2, 0.25) is 0 Å². The van der Waals surface area contributed by atoms with Gasteiger partial charge in [0.05, 0.1) is 20.0 Å². The van der Waals surface area contributed by atoms with E-state index in [0.717, 1.165) is 17.0 Å². The van der Waals surface area contributed by atoms with Gasteiger partial charge < -0.3 is 9.47 Å². The zero-order chi connectivity index (χ0) is 21.6. The van der Waals surface area contributed by atoms with Crippen LogP contribution in [0.15, 0.2) is 78.2 Å². The summed E-state index contributed by atoms with van der Waals surface area (Å²) in [6.45, 7) is 0. The predicted molar refractivity (Wildman–Crippen MR) is 119 cm³/mol. The first-order chi connectivity index (χ1) is 15.2. The van der Waals surface area contributed by atoms with E-state index in [9.17, 15) is 4.79 Å². The van der Waals surface area contributed by atoms with Gasteiger partial charge in [-0.05, 0) is 60.7 Å². The second-order valence-electron chi connectivity index (χ2n) is 6.52. The minimum Gasteiger partial charge on any atom is -0.497 e. The number of ether oxygens (including phenoxy) is 2. The number of carbonyl (C=O) groups is 1. The first-order valence-corrected chi connectivity index (χ1v) is 10.5. The maximum atomic E-state index is 12.7. The molecular weight excluding hydrogens is 412 g/mol. The van der Waals surface area contributed by atoms with Crippen molar-refractivity contribution >= 4 is 17.5 Å². The van der Waals surface area contributed by atoms with Crippen LogP contribution in [0.5, 0.6) is 11.5 Å². The second-order valence-corrected chi connectivity index (χ2v) is 7.46. The Bertz CT molecular complexity index is 1160. The summed E-state index contributed by atoms with van der Waals surface area (Å²) in [5.74, 6) is 2.35. The lowest BCUT2D eigenvalue weighted by atomic mass is 10.1. The van der Waals surface area contributed by atoms with E-state index in [4.69, 9.17) is 9.47 Å². The van der Waals surface area contributed by atoms with E-state index >= 15 is 0 Å². The molecule has 0 bridgehead atoms. The summed E-state index contributed by atoms with van der Waals surface area (Å²) in [5.41, 5.74) is 2.32. The van der Waals surface area contributed by atoms with Crippen molar-refractivity contribution in [2.45, 2.75) is 5.16 Å². The highest BCUT2D eigenvalue weighted by atomic mass is 32.2. The molecule has 31 heavy (non-hydrogen) atoms. The van der Waals surface area contributed by atoms with Gasteiger partial charge in [-0.25, -0.2) is 0 Å². The monoisotopic (exact) mass is 432 g/mol. The molecule has 0 radical (unpaired) electrons. The highest BCUT2D eigenvalue weighted by Gasteiger charge is 2.18. The maximum Gasteiger partial charge on any atom is 0.196 e. The topological polar surface area (TPSA) is 79.1 Å². The van der Waals surface area contributed by atoms with Crippen LogP contribution in [-0.2, 0) is 0 Å². The van der Waals surface area contributed by atoms with Gasteiger partial charge in [-0.2, -0.15) is 0 Å². The number of aromatic nitrogens is 4. The molecule has 2 aromatic carbocycles. The lowest BCUT2D eigenvalue weighted by molar-refractivity contribution is 0.102. The Balaban J connectivity index is 1.63. The van der Waals surface area contributed by atoms with Crippen LogP contribution >= 0.6 is 11.8 Å². The number of hydrogen-bond acceptors (Lipinski definition) is 7. The largest absolute Gasteiger partial charge is 0.497 e. The van der Waals surface area contributed by atoms with Crippen LogP contribution in [-0.4, -0.2) is 45.5 Å². The van der Waals surface area contributed by atoms with Gasteiger partial charge in [0.25, 0.3) is 0 Å². The third-order valence-electron chi connectivity index (χ3n) is 4.63. The van der Waals surface area contributed by atoms with Gasteiger partial charge in [-0.1, -0.05) is 11.8 Å². The smallest absolute Gasteiger partial charge is 0.196 e. The van der Waals surface area contributed by atoms with Gasteiger partial charge >= 0.3 is 0 Å². The summed E-state index contributed by atoms with van der Waals surface area (Å²) in [4.78, 5) is 16.9. The van der Waals surface area contributed by atoms with Crippen LogP contribution < -0.4 is 9.47 Å². The van der Waals surface area contributed by atoms with Crippen LogP contribution in [0.1, 0.15) is 10.4 Å². The molecule has 4 aromatic rings. The molecule has 0 aliphatic carbocycles. The molecule has 8 heteroatoms. The van der Waals surface area contributed by atoms with Crippen LogP contribution in [0.4, 0.5) is 0 Å². The lowest BCUT2D eigenvalue weighted by Gasteiger charge is -2.11. The van der Waals surface area contributed by atoms with E-state index in [0.29, 0.717) is 22.3 Å². The number of thioether (sulfide) groups is 1. The van der Waals surface area contributed by atoms with Crippen molar-refractivity contribution in [3.8, 4) is 28.6 Å². The molecule has 0 N–H and O–H groups in total. The van der Waals surface area contributed by atoms with Crippen molar-refractivity contribution in [2.24, 2.45) is 0 Å². The minimum atomic E-state index is -0.000128. The first-order valence-electron chi connectivity index (χ1n) is 9.50. The Kier molecular flexibility index (Phi) is 6.28. The summed E-state index contributed by atoms with van der Waals surface area (Å²) in [6, 6.07) is 18.5. The molecule has 0 atom stereocenters. The van der Waals surface area contributed by atoms with Gasteiger partial charge in [-0.3, -0.25) is 14.3 Å². The quantitative estimate of drug-likeness (QED) is 0.303. The molecule has 2 aromatic heterocycles. The fraction of sp³-hybridized carbons (Fsp3) is 0.130. The number of benzene rings is 2. The van der Waals surface area contributed by atoms with Crippen LogP contribution in [0, 0.1) is 0 Å². The van der Waals surface area contributed by atoms with Crippen molar-refractivity contribution in [1.82, 2.24) is 19.7 Å². The molecule has 0 saturated heterocycles. The molecule has 0 spiro atoms. The standard InChI is InChI=1S/C23H20N4O3S/c1-29-19-9-5-16(6-10-19)21(28)15-31-23-26-25-22(17-4-3-13-24-14-17)27(23)18-7-11-20(30-2)12-8-18/h3-14H,15H2,1-2H3. The fourth-order valence-corrected chi connectivity index (χ4v) is 3.85.